The Bertz CT molecular complexity index is 3550. The molecule has 0 bridgehead atoms. The summed E-state index contributed by atoms with van der Waals surface area (Å²) in [5.41, 5.74) is 16.4. The van der Waals surface area contributed by atoms with Gasteiger partial charge in [-0.05, 0) is 127 Å². The molecule has 9 aromatic rings. The smallest absolute Gasteiger partial charge is 0.137 e. The maximum Gasteiger partial charge on any atom is 0.137 e. The molecule has 10 rings (SSSR count). The maximum atomic E-state index is 7.45. The van der Waals surface area contributed by atoms with Gasteiger partial charge in [0.1, 0.15) is 17.3 Å². The molecule has 0 unspecified atom stereocenters. The van der Waals surface area contributed by atoms with E-state index in [4.69, 9.17) is 9.72 Å². The highest BCUT2D eigenvalue weighted by Gasteiger charge is 2.32. The van der Waals surface area contributed by atoms with Gasteiger partial charge >= 0.3 is 0 Å². The van der Waals surface area contributed by atoms with Gasteiger partial charge in [0, 0.05) is 63.7 Å². The van der Waals surface area contributed by atoms with Crippen LogP contribution in [0.1, 0.15) is 153 Å². The third-order valence-corrected chi connectivity index (χ3v) is 15.9. The van der Waals surface area contributed by atoms with Crippen molar-refractivity contribution < 1.29 is 4.74 Å². The Hall–Kier alpha value is -7.37. The zero-order chi connectivity index (χ0) is 53.2. The van der Waals surface area contributed by atoms with Crippen molar-refractivity contribution in [2.24, 2.45) is 0 Å². The molecular formula is C70H76N4O. The Morgan fingerprint density at radius 3 is 1.64 bits per heavy atom. The van der Waals surface area contributed by atoms with Crippen molar-refractivity contribution in [2.75, 3.05) is 16.5 Å². The van der Waals surface area contributed by atoms with Crippen LogP contribution in [-0.4, -0.2) is 16.2 Å². The van der Waals surface area contributed by atoms with Gasteiger partial charge in [-0.3, -0.25) is 4.57 Å². The topological polar surface area (TPSA) is 33.5 Å². The second kappa shape index (κ2) is 19.4. The molecule has 0 atom stereocenters. The van der Waals surface area contributed by atoms with E-state index in [1.807, 2.05) is 6.20 Å². The van der Waals surface area contributed by atoms with Crippen molar-refractivity contribution in [1.29, 1.82) is 0 Å². The van der Waals surface area contributed by atoms with E-state index in [-0.39, 0.29) is 16.2 Å². The minimum Gasteiger partial charge on any atom is -0.457 e. The van der Waals surface area contributed by atoms with Crippen LogP contribution in [0.5, 0.6) is 11.5 Å². The second-order valence-electron chi connectivity index (χ2n) is 24.7. The number of hydrogen-bond acceptors (Lipinski definition) is 4. The Labute approximate surface area is 447 Å². The lowest BCUT2D eigenvalue weighted by Crippen LogP contribution is -2.26. The molecule has 2 aromatic heterocycles. The van der Waals surface area contributed by atoms with E-state index < -0.39 is 5.41 Å². The lowest BCUT2D eigenvalue weighted by Gasteiger charge is -2.31. The summed E-state index contributed by atoms with van der Waals surface area (Å²) in [6, 6.07) is 60.4. The fourth-order valence-corrected chi connectivity index (χ4v) is 11.2. The zero-order valence-corrected chi connectivity index (χ0v) is 46.9. The average molecular weight is 989 g/mol. The molecule has 5 nitrogen and oxygen atoms in total. The van der Waals surface area contributed by atoms with Gasteiger partial charge in [-0.1, -0.05) is 200 Å². The lowest BCUT2D eigenvalue weighted by molar-refractivity contribution is 0.481. The molecule has 5 heteroatoms. The molecule has 0 saturated carbocycles. The van der Waals surface area contributed by atoms with Crippen LogP contribution in [0.25, 0.3) is 38.8 Å². The first kappa shape index (κ1) is 51.1. The van der Waals surface area contributed by atoms with Crippen LogP contribution in [0.4, 0.5) is 11.4 Å². The van der Waals surface area contributed by atoms with E-state index in [0.717, 1.165) is 39.6 Å². The molecule has 7 aromatic carbocycles. The number of pyridine rings is 1. The van der Waals surface area contributed by atoms with E-state index in [1.54, 1.807) is 0 Å². The van der Waals surface area contributed by atoms with Gasteiger partial charge in [0.2, 0.25) is 0 Å². The van der Waals surface area contributed by atoms with Crippen LogP contribution >= 0.6 is 0 Å². The molecule has 0 spiro atoms. The van der Waals surface area contributed by atoms with E-state index >= 15 is 0 Å². The van der Waals surface area contributed by atoms with E-state index in [0.29, 0.717) is 18.5 Å². The summed E-state index contributed by atoms with van der Waals surface area (Å²) in [5, 5.41) is 2.38. The van der Waals surface area contributed by atoms with Crippen molar-refractivity contribution in [3.05, 3.63) is 227 Å². The molecular weight excluding hydrogens is 913 g/mol. The molecule has 75 heavy (non-hydrogen) atoms. The summed E-state index contributed by atoms with van der Waals surface area (Å²) < 4.78 is 9.79. The minimum atomic E-state index is -0.395. The summed E-state index contributed by atoms with van der Waals surface area (Å²) in [6.07, 6.45) is 6.43. The SMILES string of the molecule is CC(C)c1cccc(C(C)C)c1-c1cc(Oc2cc(C(C)(C)c3ccccc3)c3c4ccccc4n(-c4cc(C(C)(C)C)ccn4)c3c2)cc(N2C=CN(c3cc(C(C)(C)C)cc(C(C)(C)c4ccccc4)c3)C2)c1. The van der Waals surface area contributed by atoms with Gasteiger partial charge in [-0.25, -0.2) is 4.98 Å². The number of aromatic nitrogens is 2. The molecule has 382 valence electrons. The van der Waals surface area contributed by atoms with Crippen LogP contribution in [0.15, 0.2) is 182 Å². The molecule has 0 radical (unpaired) electrons. The quantitative estimate of drug-likeness (QED) is 0.122. The highest BCUT2D eigenvalue weighted by atomic mass is 16.5. The average Bonchev–Trinajstić information content (AvgIpc) is 4.02. The van der Waals surface area contributed by atoms with Gasteiger partial charge in [-0.15, -0.1) is 0 Å². The number of ether oxygens (including phenoxy) is 1. The Morgan fingerprint density at radius 1 is 0.467 bits per heavy atom. The number of fused-ring (bicyclic) bond motifs is 3. The number of hydrogen-bond donors (Lipinski definition) is 0. The molecule has 0 N–H and O–H groups in total. The van der Waals surface area contributed by atoms with Crippen LogP contribution < -0.4 is 14.5 Å². The number of para-hydroxylation sites is 1. The van der Waals surface area contributed by atoms with Gasteiger partial charge in [-0.2, -0.15) is 0 Å². The van der Waals surface area contributed by atoms with E-state index in [9.17, 15) is 0 Å². The highest BCUT2D eigenvalue weighted by Crippen LogP contribution is 2.47. The first-order chi connectivity index (χ1) is 35.6. The van der Waals surface area contributed by atoms with Crippen LogP contribution in [0.2, 0.25) is 0 Å². The molecule has 3 heterocycles. The summed E-state index contributed by atoms with van der Waals surface area (Å²) in [6.45, 7) is 33.0. The molecule has 1 aliphatic heterocycles. The Balaban J connectivity index is 1.15. The van der Waals surface area contributed by atoms with Gasteiger partial charge in [0.05, 0.1) is 17.7 Å². The van der Waals surface area contributed by atoms with Crippen molar-refractivity contribution in [3.8, 4) is 28.4 Å². The molecule has 0 saturated heterocycles. The van der Waals surface area contributed by atoms with Gasteiger partial charge < -0.3 is 14.5 Å². The molecule has 0 aliphatic carbocycles. The van der Waals surface area contributed by atoms with Crippen LogP contribution in [-0.2, 0) is 21.7 Å². The van der Waals surface area contributed by atoms with Gasteiger partial charge in [0.25, 0.3) is 0 Å². The summed E-state index contributed by atoms with van der Waals surface area (Å²) >= 11 is 0. The van der Waals surface area contributed by atoms with Crippen LogP contribution in [0.3, 0.4) is 0 Å². The van der Waals surface area contributed by atoms with Crippen molar-refractivity contribution in [3.63, 3.8) is 0 Å². The van der Waals surface area contributed by atoms with Crippen molar-refractivity contribution >= 4 is 33.2 Å². The standard InChI is InChI=1S/C70H76N4O/c1-46(2)58-29-23-30-59(47(3)4)65(58)48-36-54(72-34-35-73(45-72)55-39-52(68(8,9)10)38-53(40-55)69(11,12)49-24-17-15-18-25-49)42-56(37-48)75-57-43-61(70(13,14)50-26-19-16-20-27-50)66-60-28-21-22-31-62(60)74(63(66)44-57)64-41-51(32-33-71-64)67(5,6)7/h15-44,46-47H,45H2,1-14H3. The fourth-order valence-electron chi connectivity index (χ4n) is 11.2. The third kappa shape index (κ3) is 9.79. The first-order valence-electron chi connectivity index (χ1n) is 27.1. The third-order valence-electron chi connectivity index (χ3n) is 15.9. The maximum absolute atomic E-state index is 7.45. The summed E-state index contributed by atoms with van der Waals surface area (Å²) in [5.74, 6) is 3.07. The van der Waals surface area contributed by atoms with Crippen molar-refractivity contribution in [2.45, 2.75) is 130 Å². The molecule has 0 fully saturated rings. The number of anilines is 2. The van der Waals surface area contributed by atoms with E-state index in [1.165, 1.54) is 66.5 Å². The molecule has 0 amide bonds. The molecule has 1 aliphatic rings. The normalized spacial score (nSPS) is 13.5. The predicted octanol–water partition coefficient (Wildman–Crippen LogP) is 18.9. The second-order valence-corrected chi connectivity index (χ2v) is 24.7. The highest BCUT2D eigenvalue weighted by molar-refractivity contribution is 6.12. The largest absolute Gasteiger partial charge is 0.457 e. The lowest BCUT2D eigenvalue weighted by atomic mass is 9.75. The predicted molar refractivity (Wildman–Crippen MR) is 319 cm³/mol. The minimum absolute atomic E-state index is 0.0420. The number of rotatable bonds is 12. The number of nitrogens with zero attached hydrogens (tertiary/aromatic N) is 4. The number of benzene rings is 7. The zero-order valence-electron chi connectivity index (χ0n) is 46.9. The first-order valence-corrected chi connectivity index (χ1v) is 27.1. The van der Waals surface area contributed by atoms with Gasteiger partial charge in [0.15, 0.2) is 0 Å². The Morgan fingerprint density at radius 2 is 1.03 bits per heavy atom. The van der Waals surface area contributed by atoms with Crippen LogP contribution in [0, 0.1) is 0 Å². The fraction of sp³-hybridized carbons (Fsp3) is 0.300. The van der Waals surface area contributed by atoms with E-state index in [2.05, 4.69) is 287 Å². The summed E-state index contributed by atoms with van der Waals surface area (Å²) in [7, 11) is 0. The Kier molecular flexibility index (Phi) is 13.2. The monoisotopic (exact) mass is 989 g/mol. The van der Waals surface area contributed by atoms with Crippen molar-refractivity contribution in [1.82, 2.24) is 9.55 Å². The summed E-state index contributed by atoms with van der Waals surface area (Å²) in [4.78, 5) is 9.85.